The van der Waals surface area contributed by atoms with Crippen molar-refractivity contribution in [3.63, 3.8) is 0 Å². The molecule has 5 atom stereocenters. The van der Waals surface area contributed by atoms with Gasteiger partial charge < -0.3 is 20.6 Å². The van der Waals surface area contributed by atoms with Crippen LogP contribution in [0.3, 0.4) is 0 Å². The van der Waals surface area contributed by atoms with Crippen LogP contribution in [-0.4, -0.2) is 77.3 Å². The number of likely N-dealkylation sites (tertiary alicyclic amines) is 2. The van der Waals surface area contributed by atoms with Crippen molar-refractivity contribution in [2.45, 2.75) is 64.1 Å². The van der Waals surface area contributed by atoms with E-state index in [4.69, 9.17) is 0 Å². The predicted octanol–water partition coefficient (Wildman–Crippen LogP) is 1.02. The van der Waals surface area contributed by atoms with Gasteiger partial charge in [-0.1, -0.05) is 0 Å². The summed E-state index contributed by atoms with van der Waals surface area (Å²) in [6.07, 6.45) is 3.87. The molecule has 2 saturated heterocycles. The maximum atomic E-state index is 12.7. The first kappa shape index (κ1) is 20.0. The molecule has 4 fully saturated rings. The third-order valence-electron chi connectivity index (χ3n) is 7.24. The fourth-order valence-electron chi connectivity index (χ4n) is 5.99. The molecule has 158 valence electrons. The van der Waals surface area contributed by atoms with E-state index in [2.05, 4.69) is 15.5 Å². The summed E-state index contributed by atoms with van der Waals surface area (Å²) in [6, 6.07) is 0.0537. The SMILES string of the molecule is CC(C)(C)NC(=O)CN1CCC(CNC(=O)N2CC3CC4CC3C2C4O)CC1. The summed E-state index contributed by atoms with van der Waals surface area (Å²) < 4.78 is 0. The van der Waals surface area contributed by atoms with Crippen molar-refractivity contribution in [3.8, 4) is 0 Å². The topological polar surface area (TPSA) is 84.9 Å². The molecule has 4 rings (SSSR count). The monoisotopic (exact) mass is 392 g/mol. The van der Waals surface area contributed by atoms with Crippen molar-refractivity contribution in [3.05, 3.63) is 0 Å². The number of nitrogens with zero attached hydrogens (tertiary/aromatic N) is 2. The van der Waals surface area contributed by atoms with E-state index < -0.39 is 0 Å². The van der Waals surface area contributed by atoms with Gasteiger partial charge in [0.1, 0.15) is 0 Å². The first-order chi connectivity index (χ1) is 13.2. The number of amides is 3. The number of rotatable bonds is 4. The number of aliphatic hydroxyl groups is 1. The van der Waals surface area contributed by atoms with Crippen LogP contribution in [0.1, 0.15) is 46.5 Å². The number of fused-ring (bicyclic) bond motifs is 1. The minimum Gasteiger partial charge on any atom is -0.391 e. The molecule has 2 aliphatic heterocycles. The highest BCUT2D eigenvalue weighted by Crippen LogP contribution is 2.54. The van der Waals surface area contributed by atoms with Gasteiger partial charge in [-0.2, -0.15) is 0 Å². The van der Waals surface area contributed by atoms with Crippen molar-refractivity contribution in [1.82, 2.24) is 20.4 Å². The second kappa shape index (κ2) is 7.48. The standard InChI is InChI=1S/C21H36N4O3/c1-21(2,3)23-17(26)12-24-6-4-13(5-7-24)10-22-20(28)25-11-15-8-14-9-16(15)18(25)19(14)27/h13-16,18-19,27H,4-12H2,1-3H3,(H,22,28)(H,23,26). The highest BCUT2D eigenvalue weighted by molar-refractivity contribution is 5.78. The number of hydrogen-bond donors (Lipinski definition) is 3. The van der Waals surface area contributed by atoms with E-state index in [1.54, 1.807) is 0 Å². The maximum absolute atomic E-state index is 12.7. The Balaban J connectivity index is 1.18. The van der Waals surface area contributed by atoms with Crippen LogP contribution < -0.4 is 10.6 Å². The fourth-order valence-corrected chi connectivity index (χ4v) is 5.99. The van der Waals surface area contributed by atoms with E-state index in [0.717, 1.165) is 45.3 Å². The molecular weight excluding hydrogens is 356 g/mol. The third kappa shape index (κ3) is 4.01. The highest BCUT2D eigenvalue weighted by Gasteiger charge is 2.59. The maximum Gasteiger partial charge on any atom is 0.317 e. The number of hydrogen-bond acceptors (Lipinski definition) is 4. The summed E-state index contributed by atoms with van der Waals surface area (Å²) in [5, 5.41) is 16.6. The molecule has 0 aromatic carbocycles. The molecule has 28 heavy (non-hydrogen) atoms. The molecule has 7 nitrogen and oxygen atoms in total. The predicted molar refractivity (Wildman–Crippen MR) is 107 cm³/mol. The lowest BCUT2D eigenvalue weighted by Crippen LogP contribution is -2.50. The molecule has 7 heteroatoms. The van der Waals surface area contributed by atoms with Crippen molar-refractivity contribution in [2.75, 3.05) is 32.7 Å². The van der Waals surface area contributed by atoms with Gasteiger partial charge in [0.25, 0.3) is 0 Å². The molecule has 0 radical (unpaired) electrons. The second-order valence-electron chi connectivity index (χ2n) is 10.5. The first-order valence-electron chi connectivity index (χ1n) is 11.0. The van der Waals surface area contributed by atoms with Crippen LogP contribution in [0.2, 0.25) is 0 Å². The zero-order chi connectivity index (χ0) is 20.1. The van der Waals surface area contributed by atoms with Crippen LogP contribution in [0.15, 0.2) is 0 Å². The Morgan fingerprint density at radius 1 is 1.11 bits per heavy atom. The van der Waals surface area contributed by atoms with Crippen LogP contribution >= 0.6 is 0 Å². The van der Waals surface area contributed by atoms with Gasteiger partial charge in [0.2, 0.25) is 5.91 Å². The normalized spacial score (nSPS) is 35.4. The molecule has 2 aliphatic carbocycles. The molecule has 5 unspecified atom stereocenters. The quantitative estimate of drug-likeness (QED) is 0.667. The number of nitrogens with one attached hydrogen (secondary N) is 2. The Kier molecular flexibility index (Phi) is 5.33. The van der Waals surface area contributed by atoms with Gasteiger partial charge in [-0.05, 0) is 83.2 Å². The second-order valence-corrected chi connectivity index (χ2v) is 10.5. The minimum absolute atomic E-state index is 0.00563. The Morgan fingerprint density at radius 2 is 1.82 bits per heavy atom. The number of carbonyl (C=O) groups is 2. The van der Waals surface area contributed by atoms with E-state index in [1.165, 1.54) is 0 Å². The summed E-state index contributed by atoms with van der Waals surface area (Å²) in [4.78, 5) is 28.9. The lowest BCUT2D eigenvalue weighted by molar-refractivity contribution is -0.124. The van der Waals surface area contributed by atoms with E-state index in [9.17, 15) is 14.7 Å². The lowest BCUT2D eigenvalue weighted by atomic mass is 9.88. The summed E-state index contributed by atoms with van der Waals surface area (Å²) >= 11 is 0. The zero-order valence-corrected chi connectivity index (χ0v) is 17.5. The van der Waals surface area contributed by atoms with Crippen molar-refractivity contribution in [1.29, 1.82) is 0 Å². The number of urea groups is 1. The number of aliphatic hydroxyl groups excluding tert-OH is 1. The molecule has 0 aromatic rings. The van der Waals surface area contributed by atoms with E-state index in [0.29, 0.717) is 36.8 Å². The number of piperidine rings is 1. The van der Waals surface area contributed by atoms with E-state index >= 15 is 0 Å². The van der Waals surface area contributed by atoms with Gasteiger partial charge in [0.15, 0.2) is 0 Å². The summed E-state index contributed by atoms with van der Waals surface area (Å²) in [7, 11) is 0. The third-order valence-corrected chi connectivity index (χ3v) is 7.24. The zero-order valence-electron chi connectivity index (χ0n) is 17.5. The molecule has 4 aliphatic rings. The molecule has 0 aromatic heterocycles. The Morgan fingerprint density at radius 3 is 2.46 bits per heavy atom. The van der Waals surface area contributed by atoms with Gasteiger partial charge in [-0.25, -0.2) is 4.79 Å². The Hall–Kier alpha value is -1.34. The highest BCUT2D eigenvalue weighted by atomic mass is 16.3. The van der Waals surface area contributed by atoms with Gasteiger partial charge in [0, 0.05) is 18.6 Å². The minimum atomic E-state index is -0.322. The largest absolute Gasteiger partial charge is 0.391 e. The fraction of sp³-hybridized carbons (Fsp3) is 0.905. The first-order valence-corrected chi connectivity index (χ1v) is 11.0. The van der Waals surface area contributed by atoms with E-state index in [-0.39, 0.29) is 29.6 Å². The van der Waals surface area contributed by atoms with Gasteiger partial charge in [-0.3, -0.25) is 9.69 Å². The molecule has 2 saturated carbocycles. The van der Waals surface area contributed by atoms with Gasteiger partial charge in [0.05, 0.1) is 18.7 Å². The Bertz CT molecular complexity index is 609. The summed E-state index contributed by atoms with van der Waals surface area (Å²) in [6.45, 7) is 9.75. The van der Waals surface area contributed by atoms with E-state index in [1.807, 2.05) is 25.7 Å². The summed E-state index contributed by atoms with van der Waals surface area (Å²) in [5.41, 5.74) is -0.193. The van der Waals surface area contributed by atoms with Crippen LogP contribution in [-0.2, 0) is 4.79 Å². The summed E-state index contributed by atoms with van der Waals surface area (Å²) in [5.74, 6) is 2.08. The molecule has 2 bridgehead atoms. The molecule has 2 heterocycles. The van der Waals surface area contributed by atoms with Crippen molar-refractivity contribution < 1.29 is 14.7 Å². The lowest BCUT2D eigenvalue weighted by Gasteiger charge is -2.33. The molecule has 0 spiro atoms. The van der Waals surface area contributed by atoms with Crippen molar-refractivity contribution >= 4 is 11.9 Å². The average molecular weight is 393 g/mol. The van der Waals surface area contributed by atoms with Crippen LogP contribution in [0.4, 0.5) is 4.79 Å². The Labute approximate surface area is 168 Å². The van der Waals surface area contributed by atoms with Crippen molar-refractivity contribution in [2.24, 2.45) is 23.7 Å². The van der Waals surface area contributed by atoms with Gasteiger partial charge in [-0.15, -0.1) is 0 Å². The molecule has 3 N–H and O–H groups in total. The molecular formula is C21H36N4O3. The average Bonchev–Trinajstić information content (AvgIpc) is 3.22. The van der Waals surface area contributed by atoms with Gasteiger partial charge >= 0.3 is 6.03 Å². The number of carbonyl (C=O) groups excluding carboxylic acids is 2. The van der Waals surface area contributed by atoms with Crippen LogP contribution in [0, 0.1) is 23.7 Å². The smallest absolute Gasteiger partial charge is 0.317 e. The van der Waals surface area contributed by atoms with Crippen LogP contribution in [0.5, 0.6) is 0 Å². The van der Waals surface area contributed by atoms with Crippen LogP contribution in [0.25, 0.3) is 0 Å². The molecule has 3 amide bonds.